The van der Waals surface area contributed by atoms with Gasteiger partial charge in [0.15, 0.2) is 5.82 Å². The highest BCUT2D eigenvalue weighted by atomic mass is 16.5. The zero-order chi connectivity index (χ0) is 28.4. The Bertz CT molecular complexity index is 1240. The van der Waals surface area contributed by atoms with Gasteiger partial charge in [0.05, 0.1) is 24.4 Å². The van der Waals surface area contributed by atoms with Gasteiger partial charge in [-0.05, 0) is 83.7 Å². The Kier molecular flexibility index (Phi) is 8.16. The van der Waals surface area contributed by atoms with Gasteiger partial charge in [0.2, 0.25) is 11.9 Å². The summed E-state index contributed by atoms with van der Waals surface area (Å²) in [4.78, 5) is 39.8. The monoisotopic (exact) mass is 549 g/mol. The Labute approximate surface area is 237 Å². The van der Waals surface area contributed by atoms with Gasteiger partial charge in [-0.15, -0.1) is 0 Å². The summed E-state index contributed by atoms with van der Waals surface area (Å²) in [5, 5.41) is 9.84. The first-order valence-corrected chi connectivity index (χ1v) is 14.6. The summed E-state index contributed by atoms with van der Waals surface area (Å²) in [6.07, 6.45) is 8.40. The molecule has 0 bridgehead atoms. The first-order chi connectivity index (χ1) is 19.2. The first-order valence-electron chi connectivity index (χ1n) is 14.6. The molecule has 1 atom stereocenters. The molecular weight excluding hydrogens is 506 g/mol. The molecule has 1 aromatic heterocycles. The number of hydrogen-bond donors (Lipinski definition) is 3. The fourth-order valence-electron chi connectivity index (χ4n) is 6.33. The summed E-state index contributed by atoms with van der Waals surface area (Å²) < 4.78 is 5.65. The molecule has 3 N–H and O–H groups in total. The third kappa shape index (κ3) is 5.73. The number of nitrogens with one attached hydrogen (secondary N) is 3. The molecule has 216 valence electrons. The lowest BCUT2D eigenvalue weighted by atomic mass is 9.91. The largest absolute Gasteiger partial charge is 0.495 e. The Balaban J connectivity index is 1.38. The summed E-state index contributed by atoms with van der Waals surface area (Å²) >= 11 is 0. The number of nitrogens with zero attached hydrogens (tertiary/aromatic N) is 4. The van der Waals surface area contributed by atoms with E-state index in [1.54, 1.807) is 37.4 Å². The van der Waals surface area contributed by atoms with Crippen molar-refractivity contribution >= 4 is 35.0 Å². The predicted molar refractivity (Wildman–Crippen MR) is 158 cm³/mol. The van der Waals surface area contributed by atoms with E-state index in [2.05, 4.69) is 32.8 Å². The number of ether oxygens (including phenoxy) is 1. The normalized spacial score (nSPS) is 20.6. The number of fused-ring (bicyclic) bond motifs is 1. The van der Waals surface area contributed by atoms with Crippen LogP contribution in [-0.2, 0) is 4.79 Å². The van der Waals surface area contributed by atoms with Crippen molar-refractivity contribution in [2.24, 2.45) is 11.3 Å². The van der Waals surface area contributed by atoms with Gasteiger partial charge < -0.3 is 30.5 Å². The van der Waals surface area contributed by atoms with E-state index in [1.807, 2.05) is 19.9 Å². The molecule has 3 heterocycles. The summed E-state index contributed by atoms with van der Waals surface area (Å²) in [7, 11) is 3.39. The molecule has 2 amide bonds. The number of amides is 2. The van der Waals surface area contributed by atoms with Gasteiger partial charge in [-0.2, -0.15) is 4.98 Å². The van der Waals surface area contributed by atoms with Gasteiger partial charge in [-0.25, -0.2) is 4.98 Å². The maximum Gasteiger partial charge on any atom is 0.251 e. The van der Waals surface area contributed by atoms with E-state index < -0.39 is 5.41 Å². The van der Waals surface area contributed by atoms with Crippen molar-refractivity contribution in [1.29, 1.82) is 0 Å². The van der Waals surface area contributed by atoms with Crippen molar-refractivity contribution in [2.75, 3.05) is 48.9 Å². The van der Waals surface area contributed by atoms with Crippen LogP contribution in [0.15, 0.2) is 24.4 Å². The maximum absolute atomic E-state index is 13.3. The second kappa shape index (κ2) is 11.6. The van der Waals surface area contributed by atoms with Crippen LogP contribution in [0.4, 0.5) is 23.1 Å². The van der Waals surface area contributed by atoms with Gasteiger partial charge >= 0.3 is 0 Å². The van der Waals surface area contributed by atoms with E-state index in [1.165, 1.54) is 12.8 Å². The van der Waals surface area contributed by atoms with Crippen molar-refractivity contribution in [3.05, 3.63) is 30.0 Å². The standard InChI is InChI=1S/C30H43N7O3/c1-19(20-12-14-31-15-13-20)33-27(38)21-10-11-23(25(16-21)40-5)34-29-32-17-24-26(35-29)37(22-8-6-7-9-22)18-30(2,3)28(39)36(24)4/h10-11,16-17,19-20,22,31H,6-9,12-15,18H2,1-5H3,(H,33,38)(H,32,34,35). The summed E-state index contributed by atoms with van der Waals surface area (Å²) in [6.45, 7) is 8.67. The first kappa shape index (κ1) is 28.1. The summed E-state index contributed by atoms with van der Waals surface area (Å²) in [6, 6.07) is 5.81. The van der Waals surface area contributed by atoms with Gasteiger partial charge in [0, 0.05) is 31.2 Å². The number of anilines is 4. The Hall–Kier alpha value is -3.40. The zero-order valence-corrected chi connectivity index (χ0v) is 24.4. The molecule has 40 heavy (non-hydrogen) atoms. The molecule has 1 aliphatic carbocycles. The molecule has 1 unspecified atom stereocenters. The third-order valence-electron chi connectivity index (χ3n) is 8.76. The van der Waals surface area contributed by atoms with Crippen molar-refractivity contribution in [2.45, 2.75) is 71.4 Å². The van der Waals surface area contributed by atoms with Gasteiger partial charge in [0.25, 0.3) is 5.91 Å². The Morgan fingerprint density at radius 1 is 1.18 bits per heavy atom. The van der Waals surface area contributed by atoms with Crippen LogP contribution in [0.25, 0.3) is 0 Å². The molecule has 2 aromatic rings. The van der Waals surface area contributed by atoms with Crippen LogP contribution in [0, 0.1) is 11.3 Å². The molecule has 10 nitrogen and oxygen atoms in total. The van der Waals surface area contributed by atoms with Crippen molar-refractivity contribution < 1.29 is 14.3 Å². The summed E-state index contributed by atoms with van der Waals surface area (Å²) in [5.74, 6) is 2.14. The topological polar surface area (TPSA) is 112 Å². The molecular formula is C30H43N7O3. The molecule has 0 radical (unpaired) electrons. The minimum absolute atomic E-state index is 0.0589. The second-order valence-corrected chi connectivity index (χ2v) is 12.1. The quantitative estimate of drug-likeness (QED) is 0.474. The number of rotatable bonds is 7. The molecule has 0 spiro atoms. The third-order valence-corrected chi connectivity index (χ3v) is 8.76. The smallest absolute Gasteiger partial charge is 0.251 e. The lowest BCUT2D eigenvalue weighted by Gasteiger charge is -2.34. The number of benzene rings is 1. The molecule has 10 heteroatoms. The van der Waals surface area contributed by atoms with E-state index in [-0.39, 0.29) is 17.9 Å². The van der Waals surface area contributed by atoms with Crippen molar-refractivity contribution in [1.82, 2.24) is 20.6 Å². The lowest BCUT2D eigenvalue weighted by molar-refractivity contribution is -0.125. The van der Waals surface area contributed by atoms with E-state index in [4.69, 9.17) is 9.72 Å². The van der Waals surface area contributed by atoms with Crippen molar-refractivity contribution in [3.63, 3.8) is 0 Å². The molecule has 1 saturated heterocycles. The van der Waals surface area contributed by atoms with Crippen LogP contribution in [0.5, 0.6) is 5.75 Å². The Morgan fingerprint density at radius 2 is 1.90 bits per heavy atom. The maximum atomic E-state index is 13.3. The highest BCUT2D eigenvalue weighted by Crippen LogP contribution is 2.40. The fraction of sp³-hybridized carbons (Fsp3) is 0.600. The highest BCUT2D eigenvalue weighted by molar-refractivity contribution is 6.01. The number of carbonyl (C=O) groups is 2. The van der Waals surface area contributed by atoms with Crippen LogP contribution in [0.3, 0.4) is 0 Å². The number of aromatic nitrogens is 2. The van der Waals surface area contributed by atoms with Gasteiger partial charge in [0.1, 0.15) is 11.4 Å². The molecule has 1 aromatic carbocycles. The number of methoxy groups -OCH3 is 1. The summed E-state index contributed by atoms with van der Waals surface area (Å²) in [5.41, 5.74) is 1.38. The van der Waals surface area contributed by atoms with Crippen LogP contribution < -0.4 is 30.5 Å². The average Bonchev–Trinajstić information content (AvgIpc) is 3.48. The van der Waals surface area contributed by atoms with E-state index in [0.717, 1.165) is 50.3 Å². The zero-order valence-electron chi connectivity index (χ0n) is 24.4. The molecule has 2 fully saturated rings. The van der Waals surface area contributed by atoms with E-state index in [9.17, 15) is 9.59 Å². The minimum Gasteiger partial charge on any atom is -0.495 e. The van der Waals surface area contributed by atoms with Crippen LogP contribution in [0.1, 0.15) is 69.7 Å². The average molecular weight is 550 g/mol. The van der Waals surface area contributed by atoms with E-state index in [0.29, 0.717) is 41.5 Å². The molecule has 2 aliphatic heterocycles. The van der Waals surface area contributed by atoms with Crippen LogP contribution in [0.2, 0.25) is 0 Å². The van der Waals surface area contributed by atoms with Gasteiger partial charge in [-0.3, -0.25) is 9.59 Å². The number of piperidine rings is 1. The fourth-order valence-corrected chi connectivity index (χ4v) is 6.33. The lowest BCUT2D eigenvalue weighted by Crippen LogP contribution is -2.45. The SMILES string of the molecule is COc1cc(C(=O)NC(C)C2CCNCC2)ccc1Nc1ncc2c(n1)N(C1CCCC1)CC(C)(C)C(=O)N2C. The van der Waals surface area contributed by atoms with E-state index >= 15 is 0 Å². The molecule has 5 rings (SSSR count). The van der Waals surface area contributed by atoms with Gasteiger partial charge in [-0.1, -0.05) is 12.8 Å². The Morgan fingerprint density at radius 3 is 2.60 bits per heavy atom. The molecule has 3 aliphatic rings. The van der Waals surface area contributed by atoms with Crippen molar-refractivity contribution in [3.8, 4) is 5.75 Å². The number of carbonyl (C=O) groups excluding carboxylic acids is 2. The van der Waals surface area contributed by atoms with Crippen LogP contribution in [-0.4, -0.2) is 67.7 Å². The minimum atomic E-state index is -0.545. The van der Waals surface area contributed by atoms with Crippen LogP contribution >= 0.6 is 0 Å². The number of hydrogen-bond acceptors (Lipinski definition) is 8. The second-order valence-electron chi connectivity index (χ2n) is 12.1. The predicted octanol–water partition coefficient (Wildman–Crippen LogP) is 4.10. The molecule has 1 saturated carbocycles. The highest BCUT2D eigenvalue weighted by Gasteiger charge is 2.41.